The smallest absolute Gasteiger partial charge is 0.354 e. The fourth-order valence-corrected chi connectivity index (χ4v) is 6.50. The number of hydrogen-bond acceptors (Lipinski definition) is 4. The van der Waals surface area contributed by atoms with Gasteiger partial charge in [-0.1, -0.05) is 56.7 Å². The zero-order valence-corrected chi connectivity index (χ0v) is 20.5. The highest BCUT2D eigenvalue weighted by Gasteiger charge is 2.32. The maximum absolute atomic E-state index is 12.1. The fourth-order valence-electron chi connectivity index (χ4n) is 6.50. The summed E-state index contributed by atoms with van der Waals surface area (Å²) in [6, 6.07) is 11.8. The number of benzene rings is 1. The van der Waals surface area contributed by atoms with Crippen molar-refractivity contribution in [2.75, 3.05) is 18.0 Å². The van der Waals surface area contributed by atoms with Crippen molar-refractivity contribution in [3.05, 3.63) is 47.8 Å². The molecule has 1 N–H and O–H groups in total. The second kappa shape index (κ2) is 9.63. The maximum Gasteiger partial charge on any atom is 0.354 e. The topological polar surface area (TPSA) is 71.2 Å². The lowest BCUT2D eigenvalue weighted by atomic mass is 9.79. The molecule has 184 valence electrons. The molecular weight excluding hydrogens is 436 g/mol. The van der Waals surface area contributed by atoms with Gasteiger partial charge in [-0.05, 0) is 62.1 Å². The van der Waals surface area contributed by atoms with E-state index >= 15 is 0 Å². The number of hydrogen-bond donors (Lipinski definition) is 1. The Morgan fingerprint density at radius 3 is 2.29 bits per heavy atom. The van der Waals surface area contributed by atoms with E-state index in [0.29, 0.717) is 11.6 Å². The first-order chi connectivity index (χ1) is 17.2. The molecule has 6 rings (SSSR count). The highest BCUT2D eigenvalue weighted by atomic mass is 16.4. The molecule has 2 saturated carbocycles. The Bertz CT molecular complexity index is 1190. The molecule has 0 atom stereocenters. The zero-order chi connectivity index (χ0) is 23.8. The van der Waals surface area contributed by atoms with Crippen LogP contribution in [0.4, 0.5) is 5.69 Å². The van der Waals surface area contributed by atoms with Gasteiger partial charge in [-0.15, -0.1) is 0 Å². The lowest BCUT2D eigenvalue weighted by Crippen LogP contribution is -2.35. The third-order valence-electron chi connectivity index (χ3n) is 8.70. The van der Waals surface area contributed by atoms with Crippen molar-refractivity contribution in [2.24, 2.45) is 11.8 Å². The van der Waals surface area contributed by atoms with E-state index in [1.54, 1.807) is 0 Å². The molecule has 2 aromatic heterocycles. The summed E-state index contributed by atoms with van der Waals surface area (Å²) in [5, 5.41) is 16.0. The zero-order valence-electron chi connectivity index (χ0n) is 20.5. The number of para-hydroxylation sites is 1. The molecule has 0 amide bonds. The van der Waals surface area contributed by atoms with Gasteiger partial charge < -0.3 is 10.0 Å². The summed E-state index contributed by atoms with van der Waals surface area (Å²) in [5.74, 6) is 1.17. The normalized spacial score (nSPS) is 20.3. The molecule has 3 fully saturated rings. The molecule has 0 unspecified atom stereocenters. The number of piperidine rings is 1. The van der Waals surface area contributed by atoms with Crippen LogP contribution in [0.5, 0.6) is 0 Å². The molecule has 3 aromatic rings. The minimum Gasteiger partial charge on any atom is -0.477 e. The van der Waals surface area contributed by atoms with Crippen molar-refractivity contribution >= 4 is 22.7 Å². The van der Waals surface area contributed by atoms with Crippen molar-refractivity contribution in [1.82, 2.24) is 14.8 Å². The second-order valence-electron chi connectivity index (χ2n) is 11.0. The van der Waals surface area contributed by atoms with Crippen LogP contribution in [0.2, 0.25) is 0 Å². The quantitative estimate of drug-likeness (QED) is 0.439. The van der Waals surface area contributed by atoms with Gasteiger partial charge in [0.2, 0.25) is 0 Å². The summed E-state index contributed by atoms with van der Waals surface area (Å²) < 4.78 is 1.87. The number of anilines is 1. The molecule has 0 radical (unpaired) electrons. The van der Waals surface area contributed by atoms with Crippen LogP contribution in [0.25, 0.3) is 16.7 Å². The molecule has 1 aromatic carbocycles. The average molecular weight is 473 g/mol. The van der Waals surface area contributed by atoms with Crippen LogP contribution in [0.15, 0.2) is 36.4 Å². The predicted molar refractivity (Wildman–Crippen MR) is 139 cm³/mol. The van der Waals surface area contributed by atoms with Crippen molar-refractivity contribution < 1.29 is 9.90 Å². The van der Waals surface area contributed by atoms with Crippen LogP contribution in [-0.2, 0) is 0 Å². The standard InChI is InChI=1S/C29H36N4O2/c34-29(35)24-19-25(32-16-14-21(15-17-32)18-20-8-3-1-4-9-20)26-27(22-10-7-11-22)31-33(28(26)30-24)23-12-5-2-6-13-23/h2,5-6,12-13,19-22H,1,3-4,7-11,14-18H2,(H,34,35). The highest BCUT2D eigenvalue weighted by Crippen LogP contribution is 2.43. The summed E-state index contributed by atoms with van der Waals surface area (Å²) in [6.45, 7) is 1.96. The Balaban J connectivity index is 1.36. The van der Waals surface area contributed by atoms with E-state index in [9.17, 15) is 9.90 Å². The summed E-state index contributed by atoms with van der Waals surface area (Å²) in [4.78, 5) is 19.2. The molecule has 1 aliphatic heterocycles. The van der Waals surface area contributed by atoms with Crippen molar-refractivity contribution in [3.8, 4) is 5.69 Å². The van der Waals surface area contributed by atoms with Gasteiger partial charge in [-0.3, -0.25) is 0 Å². The van der Waals surface area contributed by atoms with Crippen LogP contribution < -0.4 is 4.90 Å². The largest absolute Gasteiger partial charge is 0.477 e. The minimum atomic E-state index is -0.980. The SMILES string of the molecule is O=C(O)c1cc(N2CCC(CC3CCCCC3)CC2)c2c(C3CCC3)nn(-c3ccccc3)c2n1. The van der Waals surface area contributed by atoms with Gasteiger partial charge in [0.15, 0.2) is 11.3 Å². The number of aromatic nitrogens is 3. The Hall–Kier alpha value is -2.89. The number of fused-ring (bicyclic) bond motifs is 1. The van der Waals surface area contributed by atoms with E-state index in [1.807, 2.05) is 41.1 Å². The Morgan fingerprint density at radius 1 is 0.914 bits per heavy atom. The van der Waals surface area contributed by atoms with E-state index in [2.05, 4.69) is 9.88 Å². The lowest BCUT2D eigenvalue weighted by Gasteiger charge is -2.36. The summed E-state index contributed by atoms with van der Waals surface area (Å²) in [7, 11) is 0. The number of carbonyl (C=O) groups is 1. The second-order valence-corrected chi connectivity index (χ2v) is 11.0. The van der Waals surface area contributed by atoms with Gasteiger partial charge in [0, 0.05) is 19.0 Å². The van der Waals surface area contributed by atoms with Crippen LogP contribution >= 0.6 is 0 Å². The van der Waals surface area contributed by atoms with Crippen molar-refractivity contribution in [1.29, 1.82) is 0 Å². The molecule has 6 heteroatoms. The first-order valence-corrected chi connectivity index (χ1v) is 13.6. The van der Waals surface area contributed by atoms with Crippen LogP contribution in [-0.4, -0.2) is 38.9 Å². The third-order valence-corrected chi connectivity index (χ3v) is 8.70. The van der Waals surface area contributed by atoms with Crippen LogP contribution in [0, 0.1) is 11.8 Å². The number of aromatic carboxylic acids is 1. The number of carboxylic acids is 1. The summed E-state index contributed by atoms with van der Waals surface area (Å²) in [5.41, 5.74) is 3.83. The summed E-state index contributed by atoms with van der Waals surface area (Å²) in [6.07, 6.45) is 14.3. The number of pyridine rings is 1. The molecular formula is C29H36N4O2. The van der Waals surface area contributed by atoms with E-state index in [4.69, 9.17) is 5.10 Å². The molecule has 1 saturated heterocycles. The van der Waals surface area contributed by atoms with Crippen molar-refractivity contribution in [3.63, 3.8) is 0 Å². The van der Waals surface area contributed by atoms with Gasteiger partial charge in [0.25, 0.3) is 0 Å². The summed E-state index contributed by atoms with van der Waals surface area (Å²) >= 11 is 0. The van der Waals surface area contributed by atoms with Gasteiger partial charge in [-0.25, -0.2) is 14.5 Å². The van der Waals surface area contributed by atoms with E-state index in [-0.39, 0.29) is 5.69 Å². The van der Waals surface area contributed by atoms with Gasteiger partial charge in [0.1, 0.15) is 0 Å². The fraction of sp³-hybridized carbons (Fsp3) is 0.552. The van der Waals surface area contributed by atoms with Gasteiger partial charge in [0.05, 0.1) is 22.5 Å². The lowest BCUT2D eigenvalue weighted by molar-refractivity contribution is 0.0691. The molecule has 2 aliphatic carbocycles. The average Bonchev–Trinajstić information content (AvgIpc) is 3.23. The van der Waals surface area contributed by atoms with E-state index < -0.39 is 5.97 Å². The molecule has 6 nitrogen and oxygen atoms in total. The predicted octanol–water partition coefficient (Wildman–Crippen LogP) is 6.57. The van der Waals surface area contributed by atoms with Crippen molar-refractivity contribution in [2.45, 2.75) is 76.5 Å². The minimum absolute atomic E-state index is 0.106. The number of rotatable bonds is 6. The third kappa shape index (κ3) is 4.43. The Morgan fingerprint density at radius 2 is 1.63 bits per heavy atom. The number of carboxylic acid groups (broad SMARTS) is 1. The van der Waals surface area contributed by atoms with E-state index in [0.717, 1.165) is 60.2 Å². The maximum atomic E-state index is 12.1. The number of nitrogens with zero attached hydrogens (tertiary/aromatic N) is 4. The van der Waals surface area contributed by atoms with Crippen LogP contribution in [0.3, 0.4) is 0 Å². The molecule has 0 spiro atoms. The van der Waals surface area contributed by atoms with Gasteiger partial charge >= 0.3 is 5.97 Å². The Kier molecular flexibility index (Phi) is 6.21. The first-order valence-electron chi connectivity index (χ1n) is 13.6. The molecule has 3 aliphatic rings. The monoisotopic (exact) mass is 472 g/mol. The van der Waals surface area contributed by atoms with Gasteiger partial charge in [-0.2, -0.15) is 5.10 Å². The first kappa shape index (κ1) is 22.6. The molecule has 35 heavy (non-hydrogen) atoms. The molecule has 3 heterocycles. The van der Waals surface area contributed by atoms with E-state index in [1.165, 1.54) is 57.8 Å². The highest BCUT2D eigenvalue weighted by molar-refractivity contribution is 5.98. The van der Waals surface area contributed by atoms with Crippen LogP contribution in [0.1, 0.15) is 92.7 Å². The Labute approximate surface area is 207 Å². The molecule has 0 bridgehead atoms.